The van der Waals surface area contributed by atoms with Crippen LogP contribution in [-0.4, -0.2) is 19.7 Å². The zero-order valence-electron chi connectivity index (χ0n) is 8.40. The van der Waals surface area contributed by atoms with Gasteiger partial charge in [-0.15, -0.1) is 0 Å². The van der Waals surface area contributed by atoms with E-state index in [-0.39, 0.29) is 5.28 Å². The van der Waals surface area contributed by atoms with Crippen LogP contribution in [0.15, 0.2) is 18.5 Å². The van der Waals surface area contributed by atoms with Gasteiger partial charge >= 0.3 is 0 Å². The van der Waals surface area contributed by atoms with E-state index in [9.17, 15) is 0 Å². The Bertz CT molecular complexity index is 459. The quantitative estimate of drug-likeness (QED) is 0.791. The highest BCUT2D eigenvalue weighted by Crippen LogP contribution is 2.15. The fraction of sp³-hybridized carbons (Fsp3) is 0.222. The lowest BCUT2D eigenvalue weighted by molar-refractivity contribution is 0.768. The van der Waals surface area contributed by atoms with Crippen LogP contribution in [0.1, 0.15) is 5.69 Å². The van der Waals surface area contributed by atoms with Crippen LogP contribution in [0.2, 0.25) is 5.28 Å². The molecule has 0 bridgehead atoms. The Labute approximate surface area is 92.1 Å². The number of hydrogen-bond donors (Lipinski definition) is 1. The summed E-state index contributed by atoms with van der Waals surface area (Å²) in [5.74, 6) is 0.667. The molecule has 0 amide bonds. The molecule has 2 rings (SSSR count). The molecule has 0 aromatic carbocycles. The van der Waals surface area contributed by atoms with Gasteiger partial charge < -0.3 is 5.32 Å². The predicted molar refractivity (Wildman–Crippen MR) is 58.3 cm³/mol. The summed E-state index contributed by atoms with van der Waals surface area (Å²) in [5, 5.41) is 7.36. The Hall–Kier alpha value is -1.62. The number of hydrogen-bond acceptors (Lipinski definition) is 4. The van der Waals surface area contributed by atoms with Crippen molar-refractivity contribution in [2.45, 2.75) is 6.92 Å². The molecule has 5 nitrogen and oxygen atoms in total. The van der Waals surface area contributed by atoms with Crippen molar-refractivity contribution in [2.75, 3.05) is 5.32 Å². The van der Waals surface area contributed by atoms with E-state index in [1.165, 1.54) is 0 Å². The third kappa shape index (κ3) is 2.44. The van der Waals surface area contributed by atoms with Crippen molar-refractivity contribution in [3.05, 3.63) is 29.4 Å². The molecule has 78 valence electrons. The Morgan fingerprint density at radius 1 is 1.40 bits per heavy atom. The molecule has 0 aliphatic rings. The predicted octanol–water partition coefficient (Wildman–Crippen LogP) is 1.92. The minimum atomic E-state index is 0.237. The van der Waals surface area contributed by atoms with E-state index in [1.807, 2.05) is 26.2 Å². The molecular formula is C9H10ClN5. The molecule has 2 aromatic heterocycles. The van der Waals surface area contributed by atoms with Gasteiger partial charge in [0.2, 0.25) is 5.28 Å². The lowest BCUT2D eigenvalue weighted by Gasteiger charge is -2.03. The van der Waals surface area contributed by atoms with E-state index < -0.39 is 0 Å². The van der Waals surface area contributed by atoms with Crippen LogP contribution in [0, 0.1) is 6.92 Å². The summed E-state index contributed by atoms with van der Waals surface area (Å²) in [5.41, 5.74) is 1.69. The third-order valence-corrected chi connectivity index (χ3v) is 1.97. The first-order valence-corrected chi connectivity index (χ1v) is 4.78. The van der Waals surface area contributed by atoms with Gasteiger partial charge in [0.05, 0.1) is 11.9 Å². The largest absolute Gasteiger partial charge is 0.338 e. The Morgan fingerprint density at radius 3 is 2.80 bits per heavy atom. The lowest BCUT2D eigenvalue weighted by Crippen LogP contribution is -1.95. The molecule has 0 saturated heterocycles. The zero-order chi connectivity index (χ0) is 10.8. The monoisotopic (exact) mass is 223 g/mol. The van der Waals surface area contributed by atoms with Gasteiger partial charge in [0.25, 0.3) is 0 Å². The summed E-state index contributed by atoms with van der Waals surface area (Å²) in [6.07, 6.45) is 3.57. The van der Waals surface area contributed by atoms with Gasteiger partial charge in [-0.3, -0.25) is 4.68 Å². The average Bonchev–Trinajstić information content (AvgIpc) is 2.49. The molecule has 0 spiro atoms. The van der Waals surface area contributed by atoms with Gasteiger partial charge in [-0.2, -0.15) is 5.10 Å². The van der Waals surface area contributed by atoms with Crippen LogP contribution in [-0.2, 0) is 7.05 Å². The van der Waals surface area contributed by atoms with E-state index in [2.05, 4.69) is 20.4 Å². The number of rotatable bonds is 2. The topological polar surface area (TPSA) is 55.6 Å². The molecule has 0 radical (unpaired) electrons. The molecule has 0 aliphatic heterocycles. The highest BCUT2D eigenvalue weighted by atomic mass is 35.5. The van der Waals surface area contributed by atoms with Crippen LogP contribution in [0.5, 0.6) is 0 Å². The molecule has 0 aliphatic carbocycles. The van der Waals surface area contributed by atoms with E-state index in [0.717, 1.165) is 11.4 Å². The maximum Gasteiger partial charge on any atom is 0.224 e. The van der Waals surface area contributed by atoms with Crippen LogP contribution in [0.3, 0.4) is 0 Å². The van der Waals surface area contributed by atoms with Crippen LogP contribution >= 0.6 is 11.6 Å². The smallest absolute Gasteiger partial charge is 0.224 e. The van der Waals surface area contributed by atoms with E-state index in [4.69, 9.17) is 11.6 Å². The van der Waals surface area contributed by atoms with Crippen LogP contribution < -0.4 is 5.32 Å². The van der Waals surface area contributed by atoms with Gasteiger partial charge in [0.1, 0.15) is 5.82 Å². The molecule has 6 heteroatoms. The second-order valence-electron chi connectivity index (χ2n) is 3.19. The van der Waals surface area contributed by atoms with Gasteiger partial charge in [0, 0.05) is 25.0 Å². The number of nitrogens with one attached hydrogen (secondary N) is 1. The van der Waals surface area contributed by atoms with Crippen molar-refractivity contribution in [3.63, 3.8) is 0 Å². The number of aromatic nitrogens is 4. The van der Waals surface area contributed by atoms with Crippen molar-refractivity contribution in [1.82, 2.24) is 19.7 Å². The first-order chi connectivity index (χ1) is 7.13. The number of anilines is 2. The van der Waals surface area contributed by atoms with Crippen LogP contribution in [0.4, 0.5) is 11.5 Å². The molecule has 15 heavy (non-hydrogen) atoms. The van der Waals surface area contributed by atoms with Gasteiger partial charge in [-0.05, 0) is 18.5 Å². The number of aryl methyl sites for hydroxylation is 2. The first-order valence-electron chi connectivity index (χ1n) is 4.40. The molecule has 0 saturated carbocycles. The standard InChI is InChI=1S/C9H10ClN5/c1-6-3-8(14-9(10)12-6)13-7-4-11-15(2)5-7/h3-5H,1-2H3,(H,12,13,14). The maximum atomic E-state index is 5.74. The summed E-state index contributed by atoms with van der Waals surface area (Å²) in [6, 6.07) is 1.82. The Balaban J connectivity index is 2.24. The summed E-state index contributed by atoms with van der Waals surface area (Å²) in [6.45, 7) is 1.86. The van der Waals surface area contributed by atoms with E-state index >= 15 is 0 Å². The minimum absolute atomic E-state index is 0.237. The van der Waals surface area contributed by atoms with Gasteiger partial charge in [-0.25, -0.2) is 9.97 Å². The maximum absolute atomic E-state index is 5.74. The lowest BCUT2D eigenvalue weighted by atomic mass is 10.4. The molecule has 0 unspecified atom stereocenters. The van der Waals surface area contributed by atoms with Crippen molar-refractivity contribution in [2.24, 2.45) is 7.05 Å². The summed E-state index contributed by atoms with van der Waals surface area (Å²) >= 11 is 5.74. The van der Waals surface area contributed by atoms with Gasteiger partial charge in [0.15, 0.2) is 0 Å². The number of nitrogens with zero attached hydrogens (tertiary/aromatic N) is 4. The second-order valence-corrected chi connectivity index (χ2v) is 3.53. The molecule has 0 fully saturated rings. The first kappa shape index (κ1) is 9.92. The summed E-state index contributed by atoms with van der Waals surface area (Å²) in [4.78, 5) is 8.02. The zero-order valence-corrected chi connectivity index (χ0v) is 9.15. The molecule has 1 N–H and O–H groups in total. The van der Waals surface area contributed by atoms with Crippen molar-refractivity contribution in [3.8, 4) is 0 Å². The molecule has 2 aromatic rings. The van der Waals surface area contributed by atoms with E-state index in [0.29, 0.717) is 5.82 Å². The number of halogens is 1. The average molecular weight is 224 g/mol. The Morgan fingerprint density at radius 2 is 2.20 bits per heavy atom. The van der Waals surface area contributed by atoms with Crippen molar-refractivity contribution in [1.29, 1.82) is 0 Å². The normalized spacial score (nSPS) is 10.3. The SMILES string of the molecule is Cc1cc(Nc2cnn(C)c2)nc(Cl)n1. The Kier molecular flexibility index (Phi) is 2.55. The van der Waals surface area contributed by atoms with Crippen LogP contribution in [0.25, 0.3) is 0 Å². The second kappa shape index (κ2) is 3.86. The third-order valence-electron chi connectivity index (χ3n) is 1.80. The highest BCUT2D eigenvalue weighted by molar-refractivity contribution is 6.28. The summed E-state index contributed by atoms with van der Waals surface area (Å²) in [7, 11) is 1.85. The minimum Gasteiger partial charge on any atom is -0.338 e. The highest BCUT2D eigenvalue weighted by Gasteiger charge is 2.01. The molecule has 0 atom stereocenters. The van der Waals surface area contributed by atoms with Gasteiger partial charge in [-0.1, -0.05) is 0 Å². The fourth-order valence-electron chi connectivity index (χ4n) is 1.23. The molecular weight excluding hydrogens is 214 g/mol. The summed E-state index contributed by atoms with van der Waals surface area (Å²) < 4.78 is 1.71. The van der Waals surface area contributed by atoms with E-state index in [1.54, 1.807) is 10.9 Å². The fourth-order valence-corrected chi connectivity index (χ4v) is 1.45. The molecule has 2 heterocycles. The van der Waals surface area contributed by atoms with Crippen molar-refractivity contribution >= 4 is 23.1 Å². The van der Waals surface area contributed by atoms with Crippen molar-refractivity contribution < 1.29 is 0 Å².